The molecular weight excluding hydrogens is 901 g/mol. The number of aliphatic hydroxyl groups is 6. The van der Waals surface area contributed by atoms with Crippen molar-refractivity contribution in [2.24, 2.45) is 0 Å². The molecule has 4 aliphatic heterocycles. The van der Waals surface area contributed by atoms with Crippen LogP contribution >= 0.6 is 0 Å². The normalized spacial score (nSPS) is 41.3. The third-order valence-corrected chi connectivity index (χ3v) is 15.2. The Kier molecular flexibility index (Phi) is 12.5. The van der Waals surface area contributed by atoms with Crippen molar-refractivity contribution in [3.8, 4) is 16.9 Å². The lowest BCUT2D eigenvalue weighted by molar-refractivity contribution is -0.306. The first-order valence-electron chi connectivity index (χ1n) is 23.9. The number of carbonyl (C=O) groups excluding carboxylic acids is 2. The lowest BCUT2D eigenvalue weighted by atomic mass is 9.57. The summed E-state index contributed by atoms with van der Waals surface area (Å²) in [5.74, 6) is -2.42. The number of hydrogen-bond donors (Lipinski definition) is 7. The Labute approximate surface area is 397 Å². The Morgan fingerprint density at radius 3 is 2.12 bits per heavy atom. The summed E-state index contributed by atoms with van der Waals surface area (Å²) in [4.78, 5) is 44.9. The highest BCUT2D eigenvalue weighted by atomic mass is 16.7. The van der Waals surface area contributed by atoms with E-state index < -0.39 is 139 Å². The van der Waals surface area contributed by atoms with Gasteiger partial charge in [0.1, 0.15) is 29.3 Å². The van der Waals surface area contributed by atoms with E-state index in [1.807, 2.05) is 6.92 Å². The zero-order chi connectivity index (χ0) is 49.1. The predicted octanol–water partition coefficient (Wildman–Crippen LogP) is 3.53. The van der Waals surface area contributed by atoms with E-state index in [2.05, 4.69) is 0 Å². The molecule has 2 aromatic carbocycles. The van der Waals surface area contributed by atoms with Gasteiger partial charge in [-0.3, -0.25) is 9.59 Å². The van der Waals surface area contributed by atoms with Crippen LogP contribution in [0.4, 0.5) is 0 Å². The topological polar surface area (TPSA) is 271 Å². The largest absolute Gasteiger partial charge is 0.507 e. The molecule has 18 nitrogen and oxygen atoms in total. The van der Waals surface area contributed by atoms with Gasteiger partial charge in [-0.1, -0.05) is 36.4 Å². The van der Waals surface area contributed by atoms with E-state index in [1.54, 1.807) is 51.1 Å². The van der Waals surface area contributed by atoms with Gasteiger partial charge in [0, 0.05) is 66.0 Å². The number of ether oxygens (including phenoxy) is 7. The summed E-state index contributed by atoms with van der Waals surface area (Å²) in [5.41, 5.74) is -7.59. The maximum Gasteiger partial charge on any atom is 0.344 e. The lowest BCUT2D eigenvalue weighted by Crippen LogP contribution is -2.70. The monoisotopic (exact) mass is 960 g/mol. The fourth-order valence-electron chi connectivity index (χ4n) is 11.6. The Balaban J connectivity index is 1.04. The second-order valence-corrected chi connectivity index (χ2v) is 20.3. The molecule has 4 saturated heterocycles. The van der Waals surface area contributed by atoms with Crippen molar-refractivity contribution < 1.29 is 82.9 Å². The first-order chi connectivity index (χ1) is 32.7. The van der Waals surface area contributed by atoms with E-state index in [-0.39, 0.29) is 70.1 Å². The summed E-state index contributed by atoms with van der Waals surface area (Å²) < 4.78 is 49.9. The molecule has 10 rings (SSSR count). The molecule has 0 spiro atoms. The number of hydrogen-bond acceptors (Lipinski definition) is 18. The van der Waals surface area contributed by atoms with Crippen LogP contribution in [0.3, 0.4) is 0 Å². The Morgan fingerprint density at radius 2 is 1.41 bits per heavy atom. The number of phenols is 1. The molecule has 1 aromatic heterocycles. The standard InChI is InChI=1S/C51H60O18/c1-22-30(52)11-13-37(63-22)69-51-35(54)20-49(5,60)21-50(51,61)16-15-27-42(51)47-40-29(39(48(59)68-47)26-9-7-6-8-10-26)17-28(46(58)41(40)45(27)57)33-19-34(44(56)25(4)62-33)67-36-14-12-32(23(2)64-36)66-38-18-31(53)43(55)24(3)65-38/h6-10,15-17,22-25,30-34,36-38,43-44,52-53,55-56,58,60-61H,11-14,18-21H2,1-5H3/t22-,23-,24-,25-,30-,31-,32-,33-,34-,36-,37-,38+,43+,44+,49+,50-,51-/m1/s1. The third-order valence-electron chi connectivity index (χ3n) is 15.2. The number of allylic oxidation sites excluding steroid dienone is 2. The molecule has 0 radical (unpaired) electrons. The van der Waals surface area contributed by atoms with Crippen LogP contribution in [-0.2, 0) is 38.0 Å². The molecule has 0 bridgehead atoms. The number of rotatable bonds is 8. The minimum atomic E-state index is -2.48. The SMILES string of the molecule is C[C@H]1O[C@@H](O[C@@H]2CC[C@@H](O[C@@H]3C[C@H](c4cc5c(-c6ccccc6)c(=O)oc6c5c(c4O)C(=O)C4=C6[C@]5(O[C@@H]6CC[C@@H](O)[C@@H](C)O6)C(=O)C[C@](C)(O)C[C@]5(O)C=C4)O[C@H](C)[C@@H]3O)O[C@@H]2C)C[C@@H](O)[C@H]1O. The molecule has 7 N–H and O–H groups in total. The Morgan fingerprint density at radius 1 is 0.725 bits per heavy atom. The predicted molar refractivity (Wildman–Crippen MR) is 241 cm³/mol. The molecule has 5 fully saturated rings. The summed E-state index contributed by atoms with van der Waals surface area (Å²) in [7, 11) is 0. The summed E-state index contributed by atoms with van der Waals surface area (Å²) in [6.07, 6.45) is -9.05. The minimum Gasteiger partial charge on any atom is -0.507 e. The summed E-state index contributed by atoms with van der Waals surface area (Å²) in [5, 5.41) is 79.1. The van der Waals surface area contributed by atoms with Crippen molar-refractivity contribution in [3.05, 3.63) is 81.4 Å². The smallest absolute Gasteiger partial charge is 0.344 e. The molecule has 0 unspecified atom stereocenters. The zero-order valence-electron chi connectivity index (χ0n) is 39.0. The molecule has 18 heteroatoms. The van der Waals surface area contributed by atoms with Crippen LogP contribution in [0.2, 0.25) is 0 Å². The molecule has 0 amide bonds. The molecule has 3 aromatic rings. The van der Waals surface area contributed by atoms with E-state index in [1.165, 1.54) is 25.1 Å². The average Bonchev–Trinajstić information content (AvgIpc) is 3.28. The average molecular weight is 961 g/mol. The van der Waals surface area contributed by atoms with Crippen LogP contribution in [0.25, 0.3) is 27.5 Å². The van der Waals surface area contributed by atoms with Gasteiger partial charge in [-0.05, 0) is 65.2 Å². The Hall–Kier alpha value is -4.25. The van der Waals surface area contributed by atoms with Crippen LogP contribution in [0.5, 0.6) is 5.75 Å². The number of Topliss-reactive ketones (excluding diaryl/α,β-unsaturated/α-hetero) is 2. The number of aliphatic hydroxyl groups excluding tert-OH is 4. The number of benzene rings is 2. The number of fused-ring (bicyclic) bond motifs is 3. The fourth-order valence-corrected chi connectivity index (χ4v) is 11.6. The van der Waals surface area contributed by atoms with Crippen LogP contribution in [0.1, 0.15) is 114 Å². The summed E-state index contributed by atoms with van der Waals surface area (Å²) in [6.45, 7) is 8.15. The van der Waals surface area contributed by atoms with Crippen molar-refractivity contribution in [2.45, 2.75) is 189 Å². The van der Waals surface area contributed by atoms with Crippen LogP contribution in [0, 0.1) is 0 Å². The highest BCUT2D eigenvalue weighted by Crippen LogP contribution is 2.58. The van der Waals surface area contributed by atoms with Crippen molar-refractivity contribution in [3.63, 3.8) is 0 Å². The third kappa shape index (κ3) is 8.15. The number of phenolic OH excluding ortho intramolecular Hbond substituents is 1. The maximum absolute atomic E-state index is 15.3. The molecule has 5 heterocycles. The molecular formula is C51H60O18. The molecule has 1 saturated carbocycles. The van der Waals surface area contributed by atoms with Crippen molar-refractivity contribution in [1.82, 2.24) is 0 Å². The fraction of sp³-hybridized carbons (Fsp3) is 0.588. The van der Waals surface area contributed by atoms with Crippen LogP contribution in [-0.4, -0.2) is 144 Å². The molecule has 7 aliphatic rings. The second-order valence-electron chi connectivity index (χ2n) is 20.3. The van der Waals surface area contributed by atoms with Gasteiger partial charge >= 0.3 is 5.63 Å². The van der Waals surface area contributed by atoms with E-state index in [4.69, 9.17) is 37.6 Å². The van der Waals surface area contributed by atoms with Gasteiger partial charge in [0.05, 0.1) is 71.7 Å². The van der Waals surface area contributed by atoms with Gasteiger partial charge < -0.3 is 73.3 Å². The highest BCUT2D eigenvalue weighted by Gasteiger charge is 2.68. The van der Waals surface area contributed by atoms with Gasteiger partial charge in [0.15, 0.2) is 36.0 Å². The van der Waals surface area contributed by atoms with E-state index in [0.29, 0.717) is 18.4 Å². The van der Waals surface area contributed by atoms with Crippen molar-refractivity contribution in [2.75, 3.05) is 0 Å². The van der Waals surface area contributed by atoms with Crippen LogP contribution < -0.4 is 5.63 Å². The first kappa shape index (κ1) is 48.4. The minimum absolute atomic E-state index is 0.0263. The van der Waals surface area contributed by atoms with Gasteiger partial charge in [0.25, 0.3) is 0 Å². The van der Waals surface area contributed by atoms with Gasteiger partial charge in [-0.2, -0.15) is 0 Å². The molecule has 69 heavy (non-hydrogen) atoms. The van der Waals surface area contributed by atoms with E-state index >= 15 is 4.79 Å². The van der Waals surface area contributed by atoms with E-state index in [0.717, 1.165) is 0 Å². The molecule has 3 aliphatic carbocycles. The lowest BCUT2D eigenvalue weighted by Gasteiger charge is -2.55. The van der Waals surface area contributed by atoms with E-state index in [9.17, 15) is 45.3 Å². The summed E-state index contributed by atoms with van der Waals surface area (Å²) >= 11 is 0. The van der Waals surface area contributed by atoms with Crippen molar-refractivity contribution in [1.29, 1.82) is 0 Å². The molecule has 372 valence electrons. The summed E-state index contributed by atoms with van der Waals surface area (Å²) in [6, 6.07) is 10.1. The number of carbonyl (C=O) groups is 2. The van der Waals surface area contributed by atoms with Crippen LogP contribution in [0.15, 0.2) is 63.3 Å². The first-order valence-corrected chi connectivity index (χ1v) is 23.9. The van der Waals surface area contributed by atoms with Gasteiger partial charge in [0.2, 0.25) is 0 Å². The Bertz CT molecular complexity index is 2630. The van der Waals surface area contributed by atoms with Gasteiger partial charge in [-0.25, -0.2) is 4.79 Å². The quantitative estimate of drug-likeness (QED) is 0.170. The van der Waals surface area contributed by atoms with Gasteiger partial charge in [-0.15, -0.1) is 0 Å². The molecule has 17 atom stereocenters. The maximum atomic E-state index is 15.3. The number of ketones is 2. The zero-order valence-corrected chi connectivity index (χ0v) is 39.0. The second kappa shape index (κ2) is 17.8. The highest BCUT2D eigenvalue weighted by molar-refractivity contribution is 6.31. The number of aromatic hydroxyl groups is 1. The van der Waals surface area contributed by atoms with Crippen molar-refractivity contribution >= 4 is 27.9 Å².